The summed E-state index contributed by atoms with van der Waals surface area (Å²) in [5, 5.41) is 12.4. The second-order valence-corrected chi connectivity index (χ2v) is 4.14. The average Bonchev–Trinajstić information content (AvgIpc) is 2.12. The Bertz CT molecular complexity index is 126. The van der Waals surface area contributed by atoms with Gasteiger partial charge in [0, 0.05) is 18.6 Å². The number of aliphatic hydroxyl groups is 1. The van der Waals surface area contributed by atoms with Crippen molar-refractivity contribution in [1.29, 1.82) is 0 Å². The van der Waals surface area contributed by atoms with Crippen LogP contribution in [-0.2, 0) is 0 Å². The Hall–Kier alpha value is -0.120. The van der Waals surface area contributed by atoms with Gasteiger partial charge in [0.1, 0.15) is 0 Å². The number of rotatable bonds is 7. The third kappa shape index (κ3) is 5.24. The van der Waals surface area contributed by atoms with Crippen LogP contribution in [0.2, 0.25) is 0 Å². The number of hydrogen-bond donors (Lipinski definition) is 2. The SMILES string of the molecule is CCCNCCN(C)C(C)(C)CO. The van der Waals surface area contributed by atoms with Crippen molar-refractivity contribution >= 4 is 0 Å². The Morgan fingerprint density at radius 1 is 1.31 bits per heavy atom. The van der Waals surface area contributed by atoms with Crippen LogP contribution < -0.4 is 5.32 Å². The lowest BCUT2D eigenvalue weighted by Gasteiger charge is -2.33. The first-order chi connectivity index (χ1) is 6.04. The fourth-order valence-electron chi connectivity index (χ4n) is 0.972. The quantitative estimate of drug-likeness (QED) is 0.577. The van der Waals surface area contributed by atoms with Gasteiger partial charge >= 0.3 is 0 Å². The van der Waals surface area contributed by atoms with E-state index in [1.807, 2.05) is 20.9 Å². The molecule has 80 valence electrons. The van der Waals surface area contributed by atoms with Crippen LogP contribution in [0.15, 0.2) is 0 Å². The van der Waals surface area contributed by atoms with Crippen molar-refractivity contribution in [2.75, 3.05) is 33.3 Å². The van der Waals surface area contributed by atoms with E-state index in [0.29, 0.717) is 0 Å². The van der Waals surface area contributed by atoms with Gasteiger partial charge in [-0.1, -0.05) is 6.92 Å². The fraction of sp³-hybridized carbons (Fsp3) is 1.00. The lowest BCUT2D eigenvalue weighted by atomic mass is 10.1. The molecule has 0 heterocycles. The van der Waals surface area contributed by atoms with Crippen LogP contribution >= 0.6 is 0 Å². The number of likely N-dealkylation sites (N-methyl/N-ethyl adjacent to an activating group) is 1. The average molecular weight is 188 g/mol. The van der Waals surface area contributed by atoms with Crippen LogP contribution in [0.3, 0.4) is 0 Å². The molecule has 0 saturated carbocycles. The van der Waals surface area contributed by atoms with Crippen LogP contribution in [0.1, 0.15) is 27.2 Å². The number of aliphatic hydroxyl groups excluding tert-OH is 1. The largest absolute Gasteiger partial charge is 0.394 e. The summed E-state index contributed by atoms with van der Waals surface area (Å²) in [4.78, 5) is 2.18. The van der Waals surface area contributed by atoms with Gasteiger partial charge in [-0.25, -0.2) is 0 Å². The molecule has 0 fully saturated rings. The molecule has 0 aromatic rings. The molecule has 3 heteroatoms. The molecule has 0 aliphatic carbocycles. The van der Waals surface area contributed by atoms with E-state index >= 15 is 0 Å². The lowest BCUT2D eigenvalue weighted by Crippen LogP contribution is -2.46. The van der Waals surface area contributed by atoms with Gasteiger partial charge in [-0.2, -0.15) is 0 Å². The van der Waals surface area contributed by atoms with Gasteiger partial charge in [0.25, 0.3) is 0 Å². The summed E-state index contributed by atoms with van der Waals surface area (Å²) in [6.07, 6.45) is 1.17. The highest BCUT2D eigenvalue weighted by Gasteiger charge is 2.21. The maximum absolute atomic E-state index is 9.11. The first-order valence-corrected chi connectivity index (χ1v) is 5.07. The predicted molar refractivity (Wildman–Crippen MR) is 57.0 cm³/mol. The minimum Gasteiger partial charge on any atom is -0.394 e. The number of nitrogens with one attached hydrogen (secondary N) is 1. The molecule has 0 aromatic carbocycles. The molecule has 0 rings (SSSR count). The third-order valence-corrected chi connectivity index (χ3v) is 2.47. The zero-order valence-electron chi connectivity index (χ0n) is 9.43. The summed E-state index contributed by atoms with van der Waals surface area (Å²) in [5.41, 5.74) is -0.103. The van der Waals surface area contributed by atoms with Crippen LogP contribution in [0.5, 0.6) is 0 Å². The molecular formula is C10H24N2O. The maximum Gasteiger partial charge on any atom is 0.0609 e. The minimum atomic E-state index is -0.103. The normalized spacial score (nSPS) is 12.5. The van der Waals surface area contributed by atoms with Crippen LogP contribution in [0.25, 0.3) is 0 Å². The summed E-state index contributed by atoms with van der Waals surface area (Å²) >= 11 is 0. The molecule has 3 nitrogen and oxygen atoms in total. The Kier molecular flexibility index (Phi) is 6.29. The highest BCUT2D eigenvalue weighted by Crippen LogP contribution is 2.09. The zero-order chi connectivity index (χ0) is 10.3. The van der Waals surface area contributed by atoms with E-state index in [1.54, 1.807) is 0 Å². The van der Waals surface area contributed by atoms with Crippen LogP contribution in [0, 0.1) is 0 Å². The zero-order valence-corrected chi connectivity index (χ0v) is 9.43. The Balaban J connectivity index is 3.55. The number of hydrogen-bond acceptors (Lipinski definition) is 3. The van der Waals surface area contributed by atoms with Gasteiger partial charge in [-0.15, -0.1) is 0 Å². The van der Waals surface area contributed by atoms with Crippen molar-refractivity contribution < 1.29 is 5.11 Å². The molecule has 0 aromatic heterocycles. The van der Waals surface area contributed by atoms with Crippen molar-refractivity contribution in [2.24, 2.45) is 0 Å². The van der Waals surface area contributed by atoms with Gasteiger partial charge in [0.05, 0.1) is 6.61 Å². The van der Waals surface area contributed by atoms with Gasteiger partial charge in [0.15, 0.2) is 0 Å². The second-order valence-electron chi connectivity index (χ2n) is 4.14. The second kappa shape index (κ2) is 6.35. The highest BCUT2D eigenvalue weighted by molar-refractivity contribution is 4.78. The highest BCUT2D eigenvalue weighted by atomic mass is 16.3. The molecule has 0 aliphatic rings. The Morgan fingerprint density at radius 3 is 2.38 bits per heavy atom. The number of nitrogens with zero attached hydrogens (tertiary/aromatic N) is 1. The topological polar surface area (TPSA) is 35.5 Å². The smallest absolute Gasteiger partial charge is 0.0609 e. The molecule has 0 amide bonds. The molecule has 0 saturated heterocycles. The first kappa shape index (κ1) is 12.9. The van der Waals surface area contributed by atoms with Gasteiger partial charge in [-0.05, 0) is 33.9 Å². The van der Waals surface area contributed by atoms with Crippen molar-refractivity contribution in [3.05, 3.63) is 0 Å². The maximum atomic E-state index is 9.11. The van der Waals surface area contributed by atoms with Gasteiger partial charge < -0.3 is 10.4 Å². The van der Waals surface area contributed by atoms with E-state index in [4.69, 9.17) is 5.11 Å². The van der Waals surface area contributed by atoms with Crippen LogP contribution in [0.4, 0.5) is 0 Å². The predicted octanol–water partition coefficient (Wildman–Crippen LogP) is 0.689. The monoisotopic (exact) mass is 188 g/mol. The van der Waals surface area contributed by atoms with E-state index in [1.165, 1.54) is 6.42 Å². The van der Waals surface area contributed by atoms with Gasteiger partial charge in [-0.3, -0.25) is 4.90 Å². The summed E-state index contributed by atoms with van der Waals surface area (Å²) in [7, 11) is 2.05. The van der Waals surface area contributed by atoms with E-state index < -0.39 is 0 Å². The minimum absolute atomic E-state index is 0.103. The molecule has 0 spiro atoms. The summed E-state index contributed by atoms with van der Waals surface area (Å²) < 4.78 is 0. The molecule has 2 N–H and O–H groups in total. The Morgan fingerprint density at radius 2 is 1.92 bits per heavy atom. The molecule has 0 bridgehead atoms. The van der Waals surface area contributed by atoms with Crippen molar-refractivity contribution in [2.45, 2.75) is 32.7 Å². The van der Waals surface area contributed by atoms with E-state index in [9.17, 15) is 0 Å². The fourth-order valence-corrected chi connectivity index (χ4v) is 0.972. The van der Waals surface area contributed by atoms with Crippen molar-refractivity contribution in [3.8, 4) is 0 Å². The molecule has 0 radical (unpaired) electrons. The molecule has 0 unspecified atom stereocenters. The third-order valence-electron chi connectivity index (χ3n) is 2.47. The summed E-state index contributed by atoms with van der Waals surface area (Å²) in [5.74, 6) is 0. The van der Waals surface area contributed by atoms with Crippen molar-refractivity contribution in [1.82, 2.24) is 10.2 Å². The molecular weight excluding hydrogens is 164 g/mol. The standard InChI is InChI=1S/C10H24N2O/c1-5-6-11-7-8-12(4)10(2,3)9-13/h11,13H,5-9H2,1-4H3. The van der Waals surface area contributed by atoms with Crippen LogP contribution in [-0.4, -0.2) is 48.8 Å². The van der Waals surface area contributed by atoms with E-state index in [-0.39, 0.29) is 12.1 Å². The molecule has 0 atom stereocenters. The summed E-state index contributed by atoms with van der Waals surface area (Å²) in [6, 6.07) is 0. The molecule has 0 aliphatic heterocycles. The first-order valence-electron chi connectivity index (χ1n) is 5.07. The van der Waals surface area contributed by atoms with E-state index in [2.05, 4.69) is 17.1 Å². The van der Waals surface area contributed by atoms with Gasteiger partial charge in [0.2, 0.25) is 0 Å². The summed E-state index contributed by atoms with van der Waals surface area (Å²) in [6.45, 7) is 9.51. The van der Waals surface area contributed by atoms with Crippen molar-refractivity contribution in [3.63, 3.8) is 0 Å². The Labute approximate surface area is 82.1 Å². The molecule has 13 heavy (non-hydrogen) atoms. The van der Waals surface area contributed by atoms with E-state index in [0.717, 1.165) is 19.6 Å². The lowest BCUT2D eigenvalue weighted by molar-refractivity contribution is 0.0799.